The lowest BCUT2D eigenvalue weighted by molar-refractivity contribution is 0.271. The van der Waals surface area contributed by atoms with Crippen LogP contribution in [0.1, 0.15) is 32.6 Å². The minimum Gasteiger partial charge on any atom is -0.316 e. The first kappa shape index (κ1) is 10.4. The molecule has 0 bridgehead atoms. The van der Waals surface area contributed by atoms with Crippen molar-refractivity contribution in [3.05, 3.63) is 0 Å². The molecule has 2 aliphatic rings. The van der Waals surface area contributed by atoms with Gasteiger partial charge in [0, 0.05) is 19.1 Å². The number of likely N-dealkylation sites (N-methyl/N-ethyl adjacent to an activating group) is 1. The van der Waals surface area contributed by atoms with Crippen LogP contribution in [0.3, 0.4) is 0 Å². The number of hydrogen-bond donors (Lipinski definition) is 1. The second-order valence-electron chi connectivity index (χ2n) is 5.32. The Morgan fingerprint density at radius 3 is 2.71 bits per heavy atom. The van der Waals surface area contributed by atoms with E-state index in [9.17, 15) is 0 Å². The van der Waals surface area contributed by atoms with Gasteiger partial charge in [0.05, 0.1) is 0 Å². The zero-order valence-electron chi connectivity index (χ0n) is 9.63. The highest BCUT2D eigenvalue weighted by molar-refractivity contribution is 4.83. The standard InChI is InChI=1S/C12H24N2/c1-10-3-4-11(7-10)8-14-6-5-12(9-14)13-2/h10-13H,3-9H2,1-2H3. The topological polar surface area (TPSA) is 15.3 Å². The monoisotopic (exact) mass is 196 g/mol. The van der Waals surface area contributed by atoms with Crippen molar-refractivity contribution in [2.45, 2.75) is 38.6 Å². The molecule has 2 nitrogen and oxygen atoms in total. The van der Waals surface area contributed by atoms with Gasteiger partial charge in [0.15, 0.2) is 0 Å². The fraction of sp³-hybridized carbons (Fsp3) is 1.00. The summed E-state index contributed by atoms with van der Waals surface area (Å²) in [5, 5.41) is 3.39. The van der Waals surface area contributed by atoms with Gasteiger partial charge < -0.3 is 10.2 Å². The number of nitrogens with zero attached hydrogens (tertiary/aromatic N) is 1. The number of likely N-dealkylation sites (tertiary alicyclic amines) is 1. The maximum absolute atomic E-state index is 3.39. The predicted octanol–water partition coefficient (Wildman–Crippen LogP) is 1.72. The molecule has 0 aromatic carbocycles. The molecular formula is C12H24N2. The Balaban J connectivity index is 1.71. The summed E-state index contributed by atoms with van der Waals surface area (Å²) in [6.45, 7) is 6.36. The Morgan fingerprint density at radius 1 is 1.29 bits per heavy atom. The summed E-state index contributed by atoms with van der Waals surface area (Å²) in [7, 11) is 2.09. The fourth-order valence-electron chi connectivity index (χ4n) is 3.09. The van der Waals surface area contributed by atoms with E-state index in [1.54, 1.807) is 0 Å². The highest BCUT2D eigenvalue weighted by Gasteiger charge is 2.27. The van der Waals surface area contributed by atoms with Gasteiger partial charge in [-0.3, -0.25) is 0 Å². The molecule has 1 aliphatic heterocycles. The summed E-state index contributed by atoms with van der Waals surface area (Å²) >= 11 is 0. The van der Waals surface area contributed by atoms with Crippen LogP contribution < -0.4 is 5.32 Å². The van der Waals surface area contributed by atoms with Gasteiger partial charge in [0.25, 0.3) is 0 Å². The second-order valence-corrected chi connectivity index (χ2v) is 5.32. The Labute approximate surface area is 88.1 Å². The molecule has 2 rings (SSSR count). The van der Waals surface area contributed by atoms with Gasteiger partial charge in [-0.1, -0.05) is 13.3 Å². The zero-order chi connectivity index (χ0) is 9.97. The van der Waals surface area contributed by atoms with Crippen molar-refractivity contribution in [3.8, 4) is 0 Å². The first-order valence-electron chi connectivity index (χ1n) is 6.17. The van der Waals surface area contributed by atoms with Gasteiger partial charge >= 0.3 is 0 Å². The van der Waals surface area contributed by atoms with Crippen molar-refractivity contribution in [1.29, 1.82) is 0 Å². The lowest BCUT2D eigenvalue weighted by Gasteiger charge is -2.20. The number of hydrogen-bond acceptors (Lipinski definition) is 2. The van der Waals surface area contributed by atoms with E-state index in [1.165, 1.54) is 45.3 Å². The molecule has 0 aromatic rings. The molecule has 14 heavy (non-hydrogen) atoms. The second kappa shape index (κ2) is 4.63. The molecule has 0 radical (unpaired) electrons. The van der Waals surface area contributed by atoms with Crippen LogP contribution in [0, 0.1) is 11.8 Å². The fourth-order valence-corrected chi connectivity index (χ4v) is 3.09. The number of rotatable bonds is 3. The van der Waals surface area contributed by atoms with E-state index in [1.807, 2.05) is 0 Å². The van der Waals surface area contributed by atoms with Crippen molar-refractivity contribution in [2.24, 2.45) is 11.8 Å². The number of nitrogens with one attached hydrogen (secondary N) is 1. The Kier molecular flexibility index (Phi) is 3.45. The van der Waals surface area contributed by atoms with Gasteiger partial charge in [-0.25, -0.2) is 0 Å². The molecule has 82 valence electrons. The molecule has 3 unspecified atom stereocenters. The molecule has 1 saturated heterocycles. The van der Waals surface area contributed by atoms with E-state index in [0.717, 1.165) is 17.9 Å². The average molecular weight is 196 g/mol. The highest BCUT2D eigenvalue weighted by atomic mass is 15.2. The summed E-state index contributed by atoms with van der Waals surface area (Å²) in [5.74, 6) is 1.99. The Morgan fingerprint density at radius 2 is 2.14 bits per heavy atom. The van der Waals surface area contributed by atoms with E-state index in [-0.39, 0.29) is 0 Å². The minimum absolute atomic E-state index is 0.758. The van der Waals surface area contributed by atoms with Crippen molar-refractivity contribution in [3.63, 3.8) is 0 Å². The largest absolute Gasteiger partial charge is 0.316 e. The van der Waals surface area contributed by atoms with Crippen molar-refractivity contribution in [1.82, 2.24) is 10.2 Å². The molecule has 1 N–H and O–H groups in total. The molecule has 1 aliphatic carbocycles. The van der Waals surface area contributed by atoms with Crippen LogP contribution in [0.25, 0.3) is 0 Å². The molecule has 3 atom stereocenters. The lowest BCUT2D eigenvalue weighted by Crippen LogP contribution is -2.32. The molecule has 0 amide bonds. The quantitative estimate of drug-likeness (QED) is 0.739. The zero-order valence-corrected chi connectivity index (χ0v) is 9.63. The van der Waals surface area contributed by atoms with Gasteiger partial charge in [0.1, 0.15) is 0 Å². The predicted molar refractivity (Wildman–Crippen MR) is 60.4 cm³/mol. The van der Waals surface area contributed by atoms with E-state index in [0.29, 0.717) is 0 Å². The van der Waals surface area contributed by atoms with Crippen LogP contribution in [0.4, 0.5) is 0 Å². The SMILES string of the molecule is CNC1CCN(CC2CCC(C)C2)C1. The van der Waals surface area contributed by atoms with Crippen LogP contribution >= 0.6 is 0 Å². The van der Waals surface area contributed by atoms with Crippen LogP contribution in [0.2, 0.25) is 0 Å². The normalized spacial score (nSPS) is 39.4. The van der Waals surface area contributed by atoms with Crippen LogP contribution in [-0.4, -0.2) is 37.6 Å². The van der Waals surface area contributed by atoms with E-state index < -0.39 is 0 Å². The molecule has 2 fully saturated rings. The maximum Gasteiger partial charge on any atom is 0.0204 e. The van der Waals surface area contributed by atoms with Crippen LogP contribution in [-0.2, 0) is 0 Å². The third-order valence-electron chi connectivity index (χ3n) is 4.00. The summed E-state index contributed by atoms with van der Waals surface area (Å²) < 4.78 is 0. The lowest BCUT2D eigenvalue weighted by atomic mass is 10.1. The maximum atomic E-state index is 3.39. The third-order valence-corrected chi connectivity index (χ3v) is 4.00. The highest BCUT2D eigenvalue weighted by Crippen LogP contribution is 2.31. The summed E-state index contributed by atoms with van der Waals surface area (Å²) in [5.41, 5.74) is 0. The Hall–Kier alpha value is -0.0800. The van der Waals surface area contributed by atoms with Gasteiger partial charge in [-0.15, -0.1) is 0 Å². The van der Waals surface area contributed by atoms with Gasteiger partial charge in [0.2, 0.25) is 0 Å². The molecule has 1 heterocycles. The molecule has 0 aromatic heterocycles. The summed E-state index contributed by atoms with van der Waals surface area (Å²) in [4.78, 5) is 2.66. The minimum atomic E-state index is 0.758. The first-order chi connectivity index (χ1) is 6.78. The summed E-state index contributed by atoms with van der Waals surface area (Å²) in [6.07, 6.45) is 5.76. The van der Waals surface area contributed by atoms with Gasteiger partial charge in [-0.2, -0.15) is 0 Å². The van der Waals surface area contributed by atoms with Gasteiger partial charge in [-0.05, 0) is 44.7 Å². The van der Waals surface area contributed by atoms with E-state index >= 15 is 0 Å². The summed E-state index contributed by atoms with van der Waals surface area (Å²) in [6, 6.07) is 0.758. The van der Waals surface area contributed by atoms with Crippen LogP contribution in [0.5, 0.6) is 0 Å². The van der Waals surface area contributed by atoms with E-state index in [4.69, 9.17) is 0 Å². The van der Waals surface area contributed by atoms with Crippen molar-refractivity contribution >= 4 is 0 Å². The molecule has 2 heteroatoms. The molecule has 1 saturated carbocycles. The molecule has 0 spiro atoms. The van der Waals surface area contributed by atoms with Crippen molar-refractivity contribution < 1.29 is 0 Å². The average Bonchev–Trinajstić information content (AvgIpc) is 2.76. The smallest absolute Gasteiger partial charge is 0.0204 e. The van der Waals surface area contributed by atoms with Crippen molar-refractivity contribution in [2.75, 3.05) is 26.7 Å². The first-order valence-corrected chi connectivity index (χ1v) is 6.17. The molecular weight excluding hydrogens is 172 g/mol. The van der Waals surface area contributed by atoms with Crippen LogP contribution in [0.15, 0.2) is 0 Å². The van der Waals surface area contributed by atoms with E-state index in [2.05, 4.69) is 24.2 Å². The third kappa shape index (κ3) is 2.48. The Bertz CT molecular complexity index is 181.